The van der Waals surface area contributed by atoms with Crippen molar-refractivity contribution in [2.24, 2.45) is 0 Å². The fraction of sp³-hybridized carbons (Fsp3) is 0.294. The maximum Gasteiger partial charge on any atom is 1.00 e. The summed E-state index contributed by atoms with van der Waals surface area (Å²) in [5, 5.41) is 0. The molecular formula is C17H22NNaO. The summed E-state index contributed by atoms with van der Waals surface area (Å²) >= 11 is 0. The number of hydrogen-bond acceptors (Lipinski definition) is 2. The SMILES string of the molecule is CN(C)CCOC(c1ccccc1)c1ccccc1.[H-].[Na+]. The van der Waals surface area contributed by atoms with E-state index in [9.17, 15) is 0 Å². The number of ether oxygens (including phenoxy) is 1. The molecule has 0 N–H and O–H groups in total. The summed E-state index contributed by atoms with van der Waals surface area (Å²) in [5.74, 6) is 0. The van der Waals surface area contributed by atoms with E-state index in [2.05, 4.69) is 67.5 Å². The van der Waals surface area contributed by atoms with Gasteiger partial charge in [-0.1, -0.05) is 60.7 Å². The molecule has 0 atom stereocenters. The van der Waals surface area contributed by atoms with Crippen molar-refractivity contribution < 1.29 is 35.7 Å². The Kier molecular flexibility index (Phi) is 8.12. The summed E-state index contributed by atoms with van der Waals surface area (Å²) in [7, 11) is 4.12. The van der Waals surface area contributed by atoms with E-state index in [0.717, 1.165) is 13.2 Å². The molecular weight excluding hydrogens is 257 g/mol. The minimum absolute atomic E-state index is 0. The van der Waals surface area contributed by atoms with Gasteiger partial charge in [-0.05, 0) is 25.2 Å². The molecule has 0 saturated heterocycles. The van der Waals surface area contributed by atoms with Crippen LogP contribution in [0.1, 0.15) is 18.7 Å². The molecule has 0 bridgehead atoms. The van der Waals surface area contributed by atoms with Gasteiger partial charge in [-0.25, -0.2) is 0 Å². The Bertz CT molecular complexity index is 439. The summed E-state index contributed by atoms with van der Waals surface area (Å²) < 4.78 is 6.08. The molecule has 2 aromatic rings. The summed E-state index contributed by atoms with van der Waals surface area (Å²) in [4.78, 5) is 2.13. The monoisotopic (exact) mass is 279 g/mol. The van der Waals surface area contributed by atoms with Crippen LogP contribution >= 0.6 is 0 Å². The van der Waals surface area contributed by atoms with Crippen molar-refractivity contribution >= 4 is 0 Å². The predicted molar refractivity (Wildman–Crippen MR) is 80.3 cm³/mol. The molecule has 0 spiro atoms. The molecule has 0 saturated carbocycles. The number of hydrogen-bond donors (Lipinski definition) is 0. The Balaban J connectivity index is 0.00000200. The van der Waals surface area contributed by atoms with Crippen molar-refractivity contribution in [3.63, 3.8) is 0 Å². The van der Waals surface area contributed by atoms with Crippen molar-refractivity contribution in [2.45, 2.75) is 6.10 Å². The average molecular weight is 279 g/mol. The summed E-state index contributed by atoms with van der Waals surface area (Å²) in [6, 6.07) is 20.8. The third-order valence-electron chi connectivity index (χ3n) is 3.03. The van der Waals surface area contributed by atoms with Gasteiger partial charge < -0.3 is 11.1 Å². The van der Waals surface area contributed by atoms with E-state index in [4.69, 9.17) is 4.74 Å². The van der Waals surface area contributed by atoms with E-state index in [1.54, 1.807) is 0 Å². The molecule has 0 heterocycles. The zero-order valence-electron chi connectivity index (χ0n) is 13.6. The van der Waals surface area contributed by atoms with Gasteiger partial charge in [0.25, 0.3) is 0 Å². The molecule has 2 rings (SSSR count). The van der Waals surface area contributed by atoms with Crippen LogP contribution in [-0.2, 0) is 4.74 Å². The van der Waals surface area contributed by atoms with Crippen LogP contribution in [-0.4, -0.2) is 32.1 Å². The van der Waals surface area contributed by atoms with E-state index in [1.165, 1.54) is 11.1 Å². The fourth-order valence-corrected chi connectivity index (χ4v) is 1.99. The standard InChI is InChI=1S/C17H21NO.Na.H/c1-18(2)13-14-19-17(15-9-5-3-6-10-15)16-11-7-4-8-12-16;;/h3-12,17H,13-14H2,1-2H3;;/q;+1;-1. The molecule has 0 radical (unpaired) electrons. The first-order valence-electron chi connectivity index (χ1n) is 6.63. The van der Waals surface area contributed by atoms with Gasteiger partial charge in [-0.3, -0.25) is 0 Å². The van der Waals surface area contributed by atoms with E-state index < -0.39 is 0 Å². The minimum Gasteiger partial charge on any atom is -1.00 e. The van der Waals surface area contributed by atoms with Crippen molar-refractivity contribution in [3.05, 3.63) is 71.8 Å². The van der Waals surface area contributed by atoms with Gasteiger partial charge in [0, 0.05) is 6.54 Å². The van der Waals surface area contributed by atoms with Gasteiger partial charge in [-0.2, -0.15) is 0 Å². The molecule has 20 heavy (non-hydrogen) atoms. The van der Waals surface area contributed by atoms with E-state index in [1.807, 2.05) is 12.1 Å². The molecule has 0 aliphatic rings. The second kappa shape index (κ2) is 9.32. The number of likely N-dealkylation sites (N-methyl/N-ethyl adjacent to an activating group) is 1. The van der Waals surface area contributed by atoms with Gasteiger partial charge in [0.2, 0.25) is 0 Å². The first-order valence-corrected chi connectivity index (χ1v) is 6.63. The van der Waals surface area contributed by atoms with E-state index in [0.29, 0.717) is 0 Å². The molecule has 102 valence electrons. The Labute approximate surface area is 145 Å². The maximum atomic E-state index is 6.08. The van der Waals surface area contributed by atoms with Crippen LogP contribution in [0.25, 0.3) is 0 Å². The molecule has 3 heteroatoms. The van der Waals surface area contributed by atoms with Gasteiger partial charge in [0.15, 0.2) is 0 Å². The quantitative estimate of drug-likeness (QED) is 0.713. The first-order chi connectivity index (χ1) is 9.27. The Morgan fingerprint density at radius 2 is 1.35 bits per heavy atom. The van der Waals surface area contributed by atoms with E-state index in [-0.39, 0.29) is 37.1 Å². The third kappa shape index (κ3) is 5.39. The summed E-state index contributed by atoms with van der Waals surface area (Å²) in [6.07, 6.45) is 0.0161. The largest absolute Gasteiger partial charge is 1.00 e. The number of rotatable bonds is 6. The van der Waals surface area contributed by atoms with Crippen molar-refractivity contribution in [1.29, 1.82) is 0 Å². The second-order valence-electron chi connectivity index (χ2n) is 4.88. The van der Waals surface area contributed by atoms with Crippen LogP contribution in [0, 0.1) is 0 Å². The third-order valence-corrected chi connectivity index (χ3v) is 3.03. The maximum absolute atomic E-state index is 6.08. The van der Waals surface area contributed by atoms with Crippen LogP contribution in [0.2, 0.25) is 0 Å². The summed E-state index contributed by atoms with van der Waals surface area (Å²) in [5.41, 5.74) is 2.40. The van der Waals surface area contributed by atoms with E-state index >= 15 is 0 Å². The van der Waals surface area contributed by atoms with Crippen molar-refractivity contribution in [2.75, 3.05) is 27.2 Å². The normalized spacial score (nSPS) is 10.6. The van der Waals surface area contributed by atoms with Crippen LogP contribution in [0.5, 0.6) is 0 Å². The zero-order valence-corrected chi connectivity index (χ0v) is 14.6. The average Bonchev–Trinajstić information content (AvgIpc) is 2.45. The Morgan fingerprint density at radius 1 is 0.900 bits per heavy atom. The van der Waals surface area contributed by atoms with Gasteiger partial charge in [0.1, 0.15) is 6.10 Å². The molecule has 0 aromatic heterocycles. The molecule has 2 nitrogen and oxygen atoms in total. The smallest absolute Gasteiger partial charge is 1.00 e. The Hall–Kier alpha value is -0.640. The van der Waals surface area contributed by atoms with Gasteiger partial charge in [0.05, 0.1) is 6.61 Å². The fourth-order valence-electron chi connectivity index (χ4n) is 1.99. The number of nitrogens with zero attached hydrogens (tertiary/aromatic N) is 1. The van der Waals surface area contributed by atoms with Crippen molar-refractivity contribution in [3.8, 4) is 0 Å². The molecule has 0 fully saturated rings. The predicted octanol–water partition coefficient (Wildman–Crippen LogP) is 0.471. The zero-order chi connectivity index (χ0) is 13.5. The molecule has 0 aliphatic heterocycles. The van der Waals surface area contributed by atoms with Crippen LogP contribution in [0.3, 0.4) is 0 Å². The van der Waals surface area contributed by atoms with Crippen molar-refractivity contribution in [1.82, 2.24) is 4.90 Å². The topological polar surface area (TPSA) is 12.5 Å². The Morgan fingerprint density at radius 3 is 1.75 bits per heavy atom. The molecule has 0 unspecified atom stereocenters. The van der Waals surface area contributed by atoms with Crippen LogP contribution in [0.15, 0.2) is 60.7 Å². The van der Waals surface area contributed by atoms with Crippen LogP contribution < -0.4 is 29.6 Å². The second-order valence-corrected chi connectivity index (χ2v) is 4.88. The minimum atomic E-state index is 0. The molecule has 0 amide bonds. The summed E-state index contributed by atoms with van der Waals surface area (Å²) in [6.45, 7) is 1.65. The van der Waals surface area contributed by atoms with Crippen LogP contribution in [0.4, 0.5) is 0 Å². The van der Waals surface area contributed by atoms with Gasteiger partial charge >= 0.3 is 29.6 Å². The van der Waals surface area contributed by atoms with Gasteiger partial charge in [-0.15, -0.1) is 0 Å². The molecule has 0 aliphatic carbocycles. The molecule has 2 aromatic carbocycles. The number of benzene rings is 2. The first kappa shape index (κ1) is 17.4.